The van der Waals surface area contributed by atoms with E-state index < -0.39 is 9.84 Å². The molecule has 0 radical (unpaired) electrons. The molecular weight excluding hydrogens is 238 g/mol. The Kier molecular flexibility index (Phi) is 5.11. The average Bonchev–Trinajstić information content (AvgIpc) is 2.29. The number of rotatable bonds is 6. The number of nitrogens with one attached hydrogen (secondary N) is 1. The smallest absolute Gasteiger partial charge is 0.175 e. The van der Waals surface area contributed by atoms with E-state index in [4.69, 9.17) is 0 Å². The predicted molar refractivity (Wildman–Crippen MR) is 67.7 cm³/mol. The standard InChI is InChI=1S/C12H19NO3S/c1-3-8-13-12(9-14)10-4-6-11(7-5-10)17(2,15)16/h4-7,12-14H,3,8-9H2,1-2H3. The monoisotopic (exact) mass is 257 g/mol. The van der Waals surface area contributed by atoms with E-state index in [9.17, 15) is 13.5 Å². The molecule has 0 fully saturated rings. The molecular formula is C12H19NO3S. The van der Waals surface area contributed by atoms with Gasteiger partial charge in [0.1, 0.15) is 0 Å². The minimum Gasteiger partial charge on any atom is -0.394 e. The lowest BCUT2D eigenvalue weighted by Gasteiger charge is -2.16. The Morgan fingerprint density at radius 1 is 1.29 bits per heavy atom. The van der Waals surface area contributed by atoms with Gasteiger partial charge in [0, 0.05) is 6.26 Å². The van der Waals surface area contributed by atoms with Crippen LogP contribution in [0.1, 0.15) is 24.9 Å². The van der Waals surface area contributed by atoms with Crippen molar-refractivity contribution in [1.82, 2.24) is 5.32 Å². The minimum absolute atomic E-state index is 0.00176. The van der Waals surface area contributed by atoms with Crippen molar-refractivity contribution in [3.05, 3.63) is 29.8 Å². The first-order valence-corrected chi connectivity index (χ1v) is 7.52. The zero-order valence-electron chi connectivity index (χ0n) is 10.2. The molecule has 1 aromatic carbocycles. The number of sulfone groups is 1. The van der Waals surface area contributed by atoms with Crippen LogP contribution in [-0.4, -0.2) is 32.9 Å². The Bertz CT molecular complexity index is 439. The zero-order valence-corrected chi connectivity index (χ0v) is 11.0. The van der Waals surface area contributed by atoms with Gasteiger partial charge in [0.25, 0.3) is 0 Å². The van der Waals surface area contributed by atoms with E-state index in [2.05, 4.69) is 5.32 Å². The number of hydrogen-bond acceptors (Lipinski definition) is 4. The average molecular weight is 257 g/mol. The van der Waals surface area contributed by atoms with E-state index in [1.807, 2.05) is 6.92 Å². The molecule has 0 saturated heterocycles. The van der Waals surface area contributed by atoms with Crippen LogP contribution in [0.25, 0.3) is 0 Å². The Morgan fingerprint density at radius 2 is 1.88 bits per heavy atom. The molecule has 0 aliphatic carbocycles. The van der Waals surface area contributed by atoms with Crippen LogP contribution in [0.5, 0.6) is 0 Å². The van der Waals surface area contributed by atoms with Gasteiger partial charge < -0.3 is 10.4 Å². The fourth-order valence-corrected chi connectivity index (χ4v) is 2.18. The van der Waals surface area contributed by atoms with Gasteiger partial charge in [0.05, 0.1) is 17.5 Å². The molecule has 0 amide bonds. The third kappa shape index (κ3) is 4.11. The zero-order chi connectivity index (χ0) is 12.9. The Labute approximate surface area is 103 Å². The van der Waals surface area contributed by atoms with Crippen LogP contribution in [0, 0.1) is 0 Å². The van der Waals surface area contributed by atoms with Crippen molar-refractivity contribution >= 4 is 9.84 Å². The van der Waals surface area contributed by atoms with E-state index in [0.29, 0.717) is 4.90 Å². The molecule has 0 saturated carbocycles. The van der Waals surface area contributed by atoms with Gasteiger partial charge >= 0.3 is 0 Å². The Hall–Kier alpha value is -0.910. The summed E-state index contributed by atoms with van der Waals surface area (Å²) in [4.78, 5) is 0.299. The minimum atomic E-state index is -3.15. The molecule has 1 rings (SSSR count). The second-order valence-corrected chi connectivity index (χ2v) is 6.05. The summed E-state index contributed by atoms with van der Waals surface area (Å²) >= 11 is 0. The van der Waals surface area contributed by atoms with E-state index in [1.54, 1.807) is 24.3 Å². The van der Waals surface area contributed by atoms with E-state index >= 15 is 0 Å². The first kappa shape index (κ1) is 14.2. The number of hydrogen-bond donors (Lipinski definition) is 2. The van der Waals surface area contributed by atoms with Gasteiger partial charge in [-0.05, 0) is 30.7 Å². The first-order chi connectivity index (χ1) is 7.99. The maximum absolute atomic E-state index is 11.3. The molecule has 1 atom stereocenters. The molecule has 0 spiro atoms. The normalized spacial score (nSPS) is 13.6. The van der Waals surface area contributed by atoms with E-state index in [1.165, 1.54) is 6.26 Å². The molecule has 1 unspecified atom stereocenters. The summed E-state index contributed by atoms with van der Waals surface area (Å²) < 4.78 is 22.6. The number of aliphatic hydroxyl groups excluding tert-OH is 1. The first-order valence-electron chi connectivity index (χ1n) is 5.63. The Morgan fingerprint density at radius 3 is 2.29 bits per heavy atom. The second kappa shape index (κ2) is 6.14. The number of aliphatic hydroxyl groups is 1. The van der Waals surface area contributed by atoms with Crippen LogP contribution < -0.4 is 5.32 Å². The molecule has 96 valence electrons. The van der Waals surface area contributed by atoms with Gasteiger partial charge in [-0.1, -0.05) is 19.1 Å². The highest BCUT2D eigenvalue weighted by Crippen LogP contribution is 2.16. The summed E-state index contributed by atoms with van der Waals surface area (Å²) in [5.41, 5.74) is 0.897. The summed E-state index contributed by atoms with van der Waals surface area (Å²) in [6.45, 7) is 2.87. The summed E-state index contributed by atoms with van der Waals surface area (Å²) in [7, 11) is -3.15. The second-order valence-electron chi connectivity index (χ2n) is 4.03. The van der Waals surface area contributed by atoms with Crippen LogP contribution >= 0.6 is 0 Å². The molecule has 0 aromatic heterocycles. The van der Waals surface area contributed by atoms with Crippen molar-refractivity contribution in [3.8, 4) is 0 Å². The molecule has 1 aromatic rings. The summed E-state index contributed by atoms with van der Waals surface area (Å²) in [6.07, 6.45) is 2.17. The number of benzene rings is 1. The Balaban J connectivity index is 2.85. The molecule has 17 heavy (non-hydrogen) atoms. The quantitative estimate of drug-likeness (QED) is 0.801. The molecule has 0 heterocycles. The highest BCUT2D eigenvalue weighted by Gasteiger charge is 2.11. The van der Waals surface area contributed by atoms with Gasteiger partial charge in [-0.25, -0.2) is 8.42 Å². The van der Waals surface area contributed by atoms with Crippen molar-refractivity contribution in [1.29, 1.82) is 0 Å². The molecule has 0 bridgehead atoms. The highest BCUT2D eigenvalue weighted by molar-refractivity contribution is 7.90. The summed E-state index contributed by atoms with van der Waals surface area (Å²) in [5.74, 6) is 0. The van der Waals surface area contributed by atoms with Crippen LogP contribution in [0.3, 0.4) is 0 Å². The maximum atomic E-state index is 11.3. The molecule has 5 heteroatoms. The van der Waals surface area contributed by atoms with E-state index in [0.717, 1.165) is 18.5 Å². The third-order valence-corrected chi connectivity index (χ3v) is 3.66. The van der Waals surface area contributed by atoms with Crippen LogP contribution in [0.15, 0.2) is 29.2 Å². The molecule has 0 aliphatic heterocycles. The SMILES string of the molecule is CCCNC(CO)c1ccc(S(C)(=O)=O)cc1. The third-order valence-electron chi connectivity index (χ3n) is 2.53. The van der Waals surface area contributed by atoms with Gasteiger partial charge in [-0.2, -0.15) is 0 Å². The topological polar surface area (TPSA) is 66.4 Å². The fourth-order valence-electron chi connectivity index (χ4n) is 1.55. The van der Waals surface area contributed by atoms with E-state index in [-0.39, 0.29) is 12.6 Å². The maximum Gasteiger partial charge on any atom is 0.175 e. The van der Waals surface area contributed by atoms with Crippen molar-refractivity contribution in [3.63, 3.8) is 0 Å². The van der Waals surface area contributed by atoms with Crippen LogP contribution in [-0.2, 0) is 9.84 Å². The van der Waals surface area contributed by atoms with Crippen molar-refractivity contribution in [2.24, 2.45) is 0 Å². The predicted octanol–water partition coefficient (Wildman–Crippen LogP) is 1.12. The largest absolute Gasteiger partial charge is 0.394 e. The summed E-state index contributed by atoms with van der Waals surface area (Å²) in [6, 6.07) is 6.48. The van der Waals surface area contributed by atoms with Crippen molar-refractivity contribution in [2.45, 2.75) is 24.3 Å². The van der Waals surface area contributed by atoms with Crippen molar-refractivity contribution in [2.75, 3.05) is 19.4 Å². The highest BCUT2D eigenvalue weighted by atomic mass is 32.2. The lowest BCUT2D eigenvalue weighted by Crippen LogP contribution is -2.25. The van der Waals surface area contributed by atoms with Crippen LogP contribution in [0.4, 0.5) is 0 Å². The van der Waals surface area contributed by atoms with Crippen LogP contribution in [0.2, 0.25) is 0 Å². The lowest BCUT2D eigenvalue weighted by atomic mass is 10.1. The van der Waals surface area contributed by atoms with Gasteiger partial charge in [0.2, 0.25) is 0 Å². The van der Waals surface area contributed by atoms with Crippen molar-refractivity contribution < 1.29 is 13.5 Å². The molecule has 0 aliphatic rings. The lowest BCUT2D eigenvalue weighted by molar-refractivity contribution is 0.245. The van der Waals surface area contributed by atoms with Gasteiger partial charge in [-0.3, -0.25) is 0 Å². The molecule has 4 nitrogen and oxygen atoms in total. The fraction of sp³-hybridized carbons (Fsp3) is 0.500. The van der Waals surface area contributed by atoms with Gasteiger partial charge in [-0.15, -0.1) is 0 Å². The molecule has 2 N–H and O–H groups in total. The van der Waals surface area contributed by atoms with Gasteiger partial charge in [0.15, 0.2) is 9.84 Å². The summed E-state index contributed by atoms with van der Waals surface area (Å²) in [5, 5.41) is 12.4.